The molecule has 0 unspecified atom stereocenters. The Labute approximate surface area is 227 Å². The normalized spacial score (nSPS) is 15.2. The number of pyridine rings is 1. The Morgan fingerprint density at radius 1 is 1.05 bits per heavy atom. The summed E-state index contributed by atoms with van der Waals surface area (Å²) >= 11 is 0. The van der Waals surface area contributed by atoms with Crippen molar-refractivity contribution in [1.82, 2.24) is 39.7 Å². The minimum atomic E-state index is -0.879. The van der Waals surface area contributed by atoms with E-state index in [2.05, 4.69) is 30.5 Å². The van der Waals surface area contributed by atoms with Crippen LogP contribution in [0.5, 0.6) is 0 Å². The molecule has 0 radical (unpaired) electrons. The van der Waals surface area contributed by atoms with Crippen molar-refractivity contribution in [3.05, 3.63) is 90.1 Å². The fraction of sp³-hybridized carbons (Fsp3) is 0.214. The molecule has 0 saturated heterocycles. The lowest BCUT2D eigenvalue weighted by molar-refractivity contribution is -0.123. The molecular weight excluding hydrogens is 510 g/mol. The Morgan fingerprint density at radius 3 is 2.65 bits per heavy atom. The smallest absolute Gasteiger partial charge is 0.249 e. The van der Waals surface area contributed by atoms with Gasteiger partial charge in [-0.3, -0.25) is 9.78 Å². The summed E-state index contributed by atoms with van der Waals surface area (Å²) in [6.45, 7) is 0.182. The van der Waals surface area contributed by atoms with Crippen molar-refractivity contribution in [3.63, 3.8) is 0 Å². The molecule has 0 bridgehead atoms. The lowest BCUT2D eigenvalue weighted by Crippen LogP contribution is -2.36. The molecule has 6 aromatic rings. The Morgan fingerprint density at radius 2 is 1.90 bits per heavy atom. The maximum absolute atomic E-state index is 13.8. The van der Waals surface area contributed by atoms with Crippen LogP contribution in [0.25, 0.3) is 28.3 Å². The van der Waals surface area contributed by atoms with Crippen LogP contribution in [0.4, 0.5) is 5.95 Å². The zero-order valence-electron chi connectivity index (χ0n) is 21.3. The lowest BCUT2D eigenvalue weighted by atomic mass is 9.77. The molecule has 5 heterocycles. The van der Waals surface area contributed by atoms with Crippen LogP contribution in [0.15, 0.2) is 77.5 Å². The minimum Gasteiger partial charge on any atom is -0.461 e. The molecule has 1 aromatic carbocycles. The third-order valence-electron chi connectivity index (χ3n) is 7.31. The number of fused-ring (bicyclic) bond motifs is 3. The number of nitrogen functional groups attached to an aromatic ring is 1. The maximum atomic E-state index is 13.8. The number of hydrogen-bond donors (Lipinski definition) is 3. The third kappa shape index (κ3) is 3.96. The number of hydrogen-bond acceptors (Lipinski definition) is 9. The molecule has 12 heteroatoms. The zero-order chi connectivity index (χ0) is 27.3. The topological polar surface area (TPSA) is 162 Å². The molecule has 1 amide bonds. The number of amides is 1. The van der Waals surface area contributed by atoms with Gasteiger partial charge in [-0.1, -0.05) is 36.4 Å². The van der Waals surface area contributed by atoms with Gasteiger partial charge < -0.3 is 20.6 Å². The van der Waals surface area contributed by atoms with E-state index < -0.39 is 11.6 Å². The number of aliphatic hydroxyl groups is 1. The van der Waals surface area contributed by atoms with Crippen LogP contribution in [-0.4, -0.2) is 45.4 Å². The molecule has 200 valence electrons. The highest BCUT2D eigenvalue weighted by Crippen LogP contribution is 2.40. The number of carbonyl (C=O) groups excluding carboxylic acids is 1. The molecule has 7 rings (SSSR count). The molecule has 1 aliphatic carbocycles. The number of furan rings is 1. The summed E-state index contributed by atoms with van der Waals surface area (Å²) in [7, 11) is 0. The second-order valence-corrected chi connectivity index (χ2v) is 9.87. The van der Waals surface area contributed by atoms with E-state index in [-0.39, 0.29) is 18.4 Å². The predicted molar refractivity (Wildman–Crippen MR) is 145 cm³/mol. The SMILES string of the molecule is Nc1nc2c(cnn2[C@@H](C(=O)NCc2cccc(C3(O)CCC3)n2)c2ccccc2)c2nc(-c3ccco3)nn12. The van der Waals surface area contributed by atoms with Gasteiger partial charge in [-0.2, -0.15) is 14.6 Å². The average Bonchev–Trinajstić information content (AvgIpc) is 3.72. The number of rotatable bonds is 7. The van der Waals surface area contributed by atoms with Gasteiger partial charge in [0.05, 0.1) is 35.8 Å². The highest BCUT2D eigenvalue weighted by molar-refractivity contribution is 5.92. The van der Waals surface area contributed by atoms with Crippen molar-refractivity contribution in [1.29, 1.82) is 0 Å². The van der Waals surface area contributed by atoms with Crippen LogP contribution in [0.2, 0.25) is 0 Å². The van der Waals surface area contributed by atoms with E-state index in [1.54, 1.807) is 29.3 Å². The van der Waals surface area contributed by atoms with E-state index in [0.29, 0.717) is 58.1 Å². The molecule has 1 saturated carbocycles. The third-order valence-corrected chi connectivity index (χ3v) is 7.31. The first kappa shape index (κ1) is 24.0. The van der Waals surface area contributed by atoms with E-state index in [1.807, 2.05) is 48.5 Å². The van der Waals surface area contributed by atoms with Gasteiger partial charge in [0.15, 0.2) is 23.1 Å². The number of nitrogens with two attached hydrogens (primary N) is 1. The average molecular weight is 536 g/mol. The van der Waals surface area contributed by atoms with Crippen LogP contribution in [0.3, 0.4) is 0 Å². The number of carbonyl (C=O) groups is 1. The fourth-order valence-corrected chi connectivity index (χ4v) is 5.04. The molecule has 1 aliphatic rings. The van der Waals surface area contributed by atoms with Gasteiger partial charge in [0.1, 0.15) is 5.60 Å². The number of nitrogens with zero attached hydrogens (tertiary/aromatic N) is 7. The molecule has 0 aliphatic heterocycles. The summed E-state index contributed by atoms with van der Waals surface area (Å²) in [4.78, 5) is 27.5. The van der Waals surface area contributed by atoms with Crippen molar-refractivity contribution >= 4 is 28.5 Å². The quantitative estimate of drug-likeness (QED) is 0.279. The van der Waals surface area contributed by atoms with Crippen molar-refractivity contribution in [2.75, 3.05) is 5.73 Å². The van der Waals surface area contributed by atoms with Gasteiger partial charge in [0.25, 0.3) is 0 Å². The largest absolute Gasteiger partial charge is 0.461 e. The number of aromatic nitrogens is 7. The molecule has 12 nitrogen and oxygen atoms in total. The van der Waals surface area contributed by atoms with Crippen molar-refractivity contribution in [3.8, 4) is 11.6 Å². The Balaban J connectivity index is 1.25. The Kier molecular flexibility index (Phi) is 5.56. The Bertz CT molecular complexity index is 1840. The van der Waals surface area contributed by atoms with Crippen LogP contribution in [0, 0.1) is 0 Å². The van der Waals surface area contributed by atoms with Gasteiger partial charge in [-0.15, -0.1) is 5.10 Å². The molecule has 4 N–H and O–H groups in total. The number of benzene rings is 1. The summed E-state index contributed by atoms with van der Waals surface area (Å²) in [5, 5.41) is 23.3. The molecule has 5 aromatic heterocycles. The van der Waals surface area contributed by atoms with Gasteiger partial charge in [-0.25, -0.2) is 9.67 Å². The van der Waals surface area contributed by atoms with Gasteiger partial charge in [0, 0.05) is 0 Å². The van der Waals surface area contributed by atoms with E-state index >= 15 is 0 Å². The first-order valence-electron chi connectivity index (χ1n) is 12.9. The predicted octanol–water partition coefficient (Wildman–Crippen LogP) is 2.99. The number of nitrogens with one attached hydrogen (secondary N) is 1. The van der Waals surface area contributed by atoms with Crippen LogP contribution in [-0.2, 0) is 16.9 Å². The van der Waals surface area contributed by atoms with E-state index in [4.69, 9.17) is 10.2 Å². The molecule has 0 spiro atoms. The first-order chi connectivity index (χ1) is 19.5. The minimum absolute atomic E-state index is 0.0942. The van der Waals surface area contributed by atoms with Gasteiger partial charge in [0.2, 0.25) is 17.7 Å². The zero-order valence-corrected chi connectivity index (χ0v) is 21.3. The lowest BCUT2D eigenvalue weighted by Gasteiger charge is -2.36. The highest BCUT2D eigenvalue weighted by atomic mass is 16.3. The van der Waals surface area contributed by atoms with Crippen LogP contribution < -0.4 is 11.1 Å². The van der Waals surface area contributed by atoms with E-state index in [0.717, 1.165) is 6.42 Å². The van der Waals surface area contributed by atoms with Crippen molar-refractivity contribution in [2.45, 2.75) is 37.5 Å². The van der Waals surface area contributed by atoms with Crippen molar-refractivity contribution in [2.24, 2.45) is 0 Å². The van der Waals surface area contributed by atoms with Crippen LogP contribution >= 0.6 is 0 Å². The molecular formula is C28H25N9O3. The maximum Gasteiger partial charge on any atom is 0.249 e. The second kappa shape index (κ2) is 9.27. The van der Waals surface area contributed by atoms with E-state index in [9.17, 15) is 9.90 Å². The summed E-state index contributed by atoms with van der Waals surface area (Å²) in [6.07, 6.45) is 5.50. The summed E-state index contributed by atoms with van der Waals surface area (Å²) in [6, 6.07) is 17.5. The standard InChI is InChI=1S/C28H25N9O3/c29-27-34-25-19(24-33-23(35-37(24)27)20-10-5-14-40-20)16-31-36(25)22(17-7-2-1-3-8-17)26(38)30-15-18-9-4-11-21(32-18)28(39)12-6-13-28/h1-5,7-11,14,16,22,39H,6,12-13,15H2,(H2,29,34)(H,30,38)/t22-/m1/s1. The monoisotopic (exact) mass is 535 g/mol. The van der Waals surface area contributed by atoms with Crippen molar-refractivity contribution < 1.29 is 14.3 Å². The van der Waals surface area contributed by atoms with Gasteiger partial charge >= 0.3 is 0 Å². The second-order valence-electron chi connectivity index (χ2n) is 9.87. The van der Waals surface area contributed by atoms with E-state index in [1.165, 1.54) is 4.52 Å². The van der Waals surface area contributed by atoms with Crippen LogP contribution in [0.1, 0.15) is 42.3 Å². The summed E-state index contributed by atoms with van der Waals surface area (Å²) < 4.78 is 8.41. The number of anilines is 1. The molecule has 1 fully saturated rings. The fourth-order valence-electron chi connectivity index (χ4n) is 5.04. The summed E-state index contributed by atoms with van der Waals surface area (Å²) in [5.74, 6) is 0.644. The van der Waals surface area contributed by atoms with Gasteiger partial charge in [-0.05, 0) is 49.1 Å². The molecule has 1 atom stereocenters. The highest BCUT2D eigenvalue weighted by Gasteiger charge is 2.37. The summed E-state index contributed by atoms with van der Waals surface area (Å²) in [5.41, 5.74) is 8.24. The Hall–Kier alpha value is -5.10. The molecule has 40 heavy (non-hydrogen) atoms. The first-order valence-corrected chi connectivity index (χ1v) is 12.9.